The standard InChI is InChI=1S/C20H20N4O/c1-14-17(8-9-18(22-14)15-5-3-2-4-6-15)20(25)23-16-7-10-19-21-11-12-24(19)13-16/h2-6,8-9,11-12,16H,7,10,13H2,1H3,(H,23,25)/t16-/m1/s1. The van der Waals surface area contributed by atoms with Gasteiger partial charge in [-0.1, -0.05) is 30.3 Å². The zero-order chi connectivity index (χ0) is 17.2. The van der Waals surface area contributed by atoms with E-state index in [9.17, 15) is 4.79 Å². The molecule has 0 bridgehead atoms. The number of pyridine rings is 1. The molecule has 5 heteroatoms. The summed E-state index contributed by atoms with van der Waals surface area (Å²) >= 11 is 0. The Kier molecular flexibility index (Phi) is 4.06. The minimum absolute atomic E-state index is 0.0572. The fourth-order valence-electron chi connectivity index (χ4n) is 3.32. The second kappa shape index (κ2) is 6.51. The van der Waals surface area contributed by atoms with Gasteiger partial charge in [0.05, 0.1) is 17.0 Å². The van der Waals surface area contributed by atoms with Crippen molar-refractivity contribution in [1.82, 2.24) is 19.9 Å². The molecule has 3 aromatic rings. The van der Waals surface area contributed by atoms with Crippen molar-refractivity contribution in [3.05, 3.63) is 71.9 Å². The molecule has 0 radical (unpaired) electrons. The van der Waals surface area contributed by atoms with E-state index in [-0.39, 0.29) is 11.9 Å². The number of aryl methyl sites for hydroxylation is 2. The lowest BCUT2D eigenvalue weighted by atomic mass is 10.1. The molecule has 0 saturated heterocycles. The number of hydrogen-bond acceptors (Lipinski definition) is 3. The van der Waals surface area contributed by atoms with Crippen LogP contribution < -0.4 is 5.32 Å². The highest BCUT2D eigenvalue weighted by atomic mass is 16.1. The Morgan fingerprint density at radius 2 is 2.04 bits per heavy atom. The van der Waals surface area contributed by atoms with Crippen LogP contribution in [0.4, 0.5) is 0 Å². The molecular formula is C20H20N4O. The van der Waals surface area contributed by atoms with Gasteiger partial charge in [0.25, 0.3) is 5.91 Å². The first-order valence-electron chi connectivity index (χ1n) is 8.54. The molecule has 0 spiro atoms. The van der Waals surface area contributed by atoms with Gasteiger partial charge in [0.2, 0.25) is 0 Å². The number of imidazole rings is 1. The first kappa shape index (κ1) is 15.6. The van der Waals surface area contributed by atoms with Crippen LogP contribution in [-0.2, 0) is 13.0 Å². The van der Waals surface area contributed by atoms with E-state index in [0.717, 1.165) is 42.2 Å². The van der Waals surface area contributed by atoms with Crippen molar-refractivity contribution in [3.8, 4) is 11.3 Å². The molecule has 25 heavy (non-hydrogen) atoms. The fourth-order valence-corrected chi connectivity index (χ4v) is 3.32. The minimum atomic E-state index is -0.0572. The molecule has 1 amide bonds. The van der Waals surface area contributed by atoms with Gasteiger partial charge in [-0.25, -0.2) is 4.98 Å². The van der Waals surface area contributed by atoms with E-state index in [2.05, 4.69) is 19.9 Å². The molecule has 4 rings (SSSR count). The maximum Gasteiger partial charge on any atom is 0.253 e. The summed E-state index contributed by atoms with van der Waals surface area (Å²) in [6, 6.07) is 13.9. The zero-order valence-corrected chi connectivity index (χ0v) is 14.1. The van der Waals surface area contributed by atoms with E-state index in [1.54, 1.807) is 0 Å². The maximum absolute atomic E-state index is 12.7. The van der Waals surface area contributed by atoms with Gasteiger partial charge < -0.3 is 9.88 Å². The lowest BCUT2D eigenvalue weighted by Gasteiger charge is -2.25. The van der Waals surface area contributed by atoms with Crippen molar-refractivity contribution < 1.29 is 4.79 Å². The van der Waals surface area contributed by atoms with Crippen LogP contribution in [0.25, 0.3) is 11.3 Å². The van der Waals surface area contributed by atoms with Gasteiger partial charge in [-0.2, -0.15) is 0 Å². The molecule has 1 aliphatic rings. The number of carbonyl (C=O) groups is 1. The number of fused-ring (bicyclic) bond motifs is 1. The molecule has 0 fully saturated rings. The van der Waals surface area contributed by atoms with E-state index in [4.69, 9.17) is 0 Å². The minimum Gasteiger partial charge on any atom is -0.347 e. The smallest absolute Gasteiger partial charge is 0.253 e. The molecule has 1 N–H and O–H groups in total. The van der Waals surface area contributed by atoms with Crippen LogP contribution in [0.2, 0.25) is 0 Å². The van der Waals surface area contributed by atoms with Crippen molar-refractivity contribution in [2.24, 2.45) is 0 Å². The predicted octanol–water partition coefficient (Wildman–Crippen LogP) is 3.00. The van der Waals surface area contributed by atoms with Crippen molar-refractivity contribution in [2.75, 3.05) is 0 Å². The molecule has 2 aromatic heterocycles. The molecule has 1 atom stereocenters. The molecule has 1 aromatic carbocycles. The van der Waals surface area contributed by atoms with Crippen LogP contribution in [-0.4, -0.2) is 26.5 Å². The number of aromatic nitrogens is 3. The van der Waals surface area contributed by atoms with Crippen molar-refractivity contribution in [2.45, 2.75) is 32.4 Å². The van der Waals surface area contributed by atoms with Crippen LogP contribution >= 0.6 is 0 Å². The Bertz CT molecular complexity index is 901. The number of rotatable bonds is 3. The highest BCUT2D eigenvalue weighted by Gasteiger charge is 2.21. The van der Waals surface area contributed by atoms with Gasteiger partial charge in [-0.3, -0.25) is 9.78 Å². The number of carbonyl (C=O) groups excluding carboxylic acids is 1. The quantitative estimate of drug-likeness (QED) is 0.802. The summed E-state index contributed by atoms with van der Waals surface area (Å²) in [5, 5.41) is 3.14. The van der Waals surface area contributed by atoms with Crippen molar-refractivity contribution in [3.63, 3.8) is 0 Å². The number of nitrogens with zero attached hydrogens (tertiary/aromatic N) is 3. The Morgan fingerprint density at radius 3 is 2.84 bits per heavy atom. The second-order valence-electron chi connectivity index (χ2n) is 6.40. The lowest BCUT2D eigenvalue weighted by molar-refractivity contribution is 0.0926. The Labute approximate surface area is 146 Å². The lowest BCUT2D eigenvalue weighted by Crippen LogP contribution is -2.41. The molecule has 3 heterocycles. The highest BCUT2D eigenvalue weighted by molar-refractivity contribution is 5.95. The molecule has 0 saturated carbocycles. The molecule has 126 valence electrons. The third-order valence-electron chi connectivity index (χ3n) is 4.67. The first-order chi connectivity index (χ1) is 12.2. The van der Waals surface area contributed by atoms with E-state index >= 15 is 0 Å². The highest BCUT2D eigenvalue weighted by Crippen LogP contribution is 2.19. The summed E-state index contributed by atoms with van der Waals surface area (Å²) in [4.78, 5) is 21.6. The van der Waals surface area contributed by atoms with Crippen LogP contribution in [0.5, 0.6) is 0 Å². The van der Waals surface area contributed by atoms with Gasteiger partial charge in [0.15, 0.2) is 0 Å². The fraction of sp³-hybridized carbons (Fsp3) is 0.250. The van der Waals surface area contributed by atoms with Gasteiger partial charge >= 0.3 is 0 Å². The second-order valence-corrected chi connectivity index (χ2v) is 6.40. The molecule has 5 nitrogen and oxygen atoms in total. The number of hydrogen-bond donors (Lipinski definition) is 1. The van der Waals surface area contributed by atoms with Gasteiger partial charge in [-0.15, -0.1) is 0 Å². The van der Waals surface area contributed by atoms with E-state index in [0.29, 0.717) is 5.56 Å². The summed E-state index contributed by atoms with van der Waals surface area (Å²) in [6.45, 7) is 2.66. The van der Waals surface area contributed by atoms with Crippen molar-refractivity contribution >= 4 is 5.91 Å². The monoisotopic (exact) mass is 332 g/mol. The maximum atomic E-state index is 12.7. The zero-order valence-electron chi connectivity index (χ0n) is 14.1. The Balaban J connectivity index is 1.49. The average molecular weight is 332 g/mol. The Morgan fingerprint density at radius 1 is 1.20 bits per heavy atom. The summed E-state index contributed by atoms with van der Waals surface area (Å²) in [5.74, 6) is 1.04. The third kappa shape index (κ3) is 3.18. The van der Waals surface area contributed by atoms with E-state index in [1.807, 2.05) is 61.8 Å². The number of benzene rings is 1. The summed E-state index contributed by atoms with van der Waals surface area (Å²) in [6.07, 6.45) is 5.59. The van der Waals surface area contributed by atoms with Crippen LogP contribution in [0, 0.1) is 6.92 Å². The average Bonchev–Trinajstić information content (AvgIpc) is 3.10. The van der Waals surface area contributed by atoms with Crippen LogP contribution in [0.3, 0.4) is 0 Å². The summed E-state index contributed by atoms with van der Waals surface area (Å²) in [5.41, 5.74) is 3.32. The Hall–Kier alpha value is -2.95. The van der Waals surface area contributed by atoms with Gasteiger partial charge in [0.1, 0.15) is 5.82 Å². The van der Waals surface area contributed by atoms with Gasteiger partial charge in [0, 0.05) is 37.0 Å². The third-order valence-corrected chi connectivity index (χ3v) is 4.67. The topological polar surface area (TPSA) is 59.8 Å². The summed E-state index contributed by atoms with van der Waals surface area (Å²) in [7, 11) is 0. The van der Waals surface area contributed by atoms with Gasteiger partial charge in [-0.05, 0) is 25.5 Å². The number of nitrogens with one attached hydrogen (secondary N) is 1. The molecule has 0 unspecified atom stereocenters. The molecule has 1 aliphatic heterocycles. The molecular weight excluding hydrogens is 312 g/mol. The predicted molar refractivity (Wildman–Crippen MR) is 96.2 cm³/mol. The molecule has 0 aliphatic carbocycles. The van der Waals surface area contributed by atoms with Crippen LogP contribution in [0.1, 0.15) is 28.3 Å². The first-order valence-corrected chi connectivity index (χ1v) is 8.54. The largest absolute Gasteiger partial charge is 0.347 e. The van der Waals surface area contributed by atoms with E-state index < -0.39 is 0 Å². The summed E-state index contributed by atoms with van der Waals surface area (Å²) < 4.78 is 2.11. The van der Waals surface area contributed by atoms with E-state index in [1.165, 1.54) is 0 Å². The van der Waals surface area contributed by atoms with Crippen LogP contribution in [0.15, 0.2) is 54.9 Å². The number of amides is 1. The SMILES string of the molecule is Cc1nc(-c2ccccc2)ccc1C(=O)N[C@@H]1CCc2nccn2C1. The normalized spacial score (nSPS) is 16.3. The van der Waals surface area contributed by atoms with Crippen molar-refractivity contribution in [1.29, 1.82) is 0 Å².